The Morgan fingerprint density at radius 1 is 1.14 bits per heavy atom. The number of hydrogen-bond donors (Lipinski definition) is 3. The monoisotopic (exact) mass is 393 g/mol. The third-order valence-electron chi connectivity index (χ3n) is 4.80. The Morgan fingerprint density at radius 2 is 1.86 bits per heavy atom. The summed E-state index contributed by atoms with van der Waals surface area (Å²) >= 11 is 0. The van der Waals surface area contributed by atoms with Gasteiger partial charge in [0.1, 0.15) is 11.5 Å². The zero-order valence-corrected chi connectivity index (χ0v) is 15.6. The quantitative estimate of drug-likeness (QED) is 0.605. The van der Waals surface area contributed by atoms with Crippen LogP contribution in [0.25, 0.3) is 11.3 Å². The van der Waals surface area contributed by atoms with Crippen LogP contribution in [0.4, 0.5) is 10.5 Å². The molecule has 2 aromatic carbocycles. The number of nitrogens with zero attached hydrogens (tertiary/aromatic N) is 2. The number of ether oxygens (including phenoxy) is 1. The number of nitrogens with one attached hydrogen (secondary N) is 1. The topological polar surface area (TPSA) is 114 Å². The molecule has 1 fully saturated rings. The average molecular weight is 393 g/mol. The van der Waals surface area contributed by atoms with Crippen molar-refractivity contribution < 1.29 is 24.5 Å². The SMILES string of the molecule is COc1ccc(C(=O)Nc2ccc(-c3cc(C4CC4)n(C(=O)O)n3)c(O)c2)cc1. The molecule has 29 heavy (non-hydrogen) atoms. The summed E-state index contributed by atoms with van der Waals surface area (Å²) in [4.78, 5) is 23.8. The van der Waals surface area contributed by atoms with Crippen molar-refractivity contribution >= 4 is 17.7 Å². The molecule has 1 aliphatic carbocycles. The predicted octanol–water partition coefficient (Wildman–Crippen LogP) is 3.92. The molecule has 4 rings (SSSR count). The van der Waals surface area contributed by atoms with Crippen molar-refractivity contribution in [3.8, 4) is 22.8 Å². The van der Waals surface area contributed by atoms with Gasteiger partial charge in [-0.15, -0.1) is 0 Å². The van der Waals surface area contributed by atoms with Gasteiger partial charge in [0.2, 0.25) is 0 Å². The van der Waals surface area contributed by atoms with Crippen LogP contribution in [-0.2, 0) is 0 Å². The van der Waals surface area contributed by atoms with Gasteiger partial charge in [-0.05, 0) is 55.3 Å². The van der Waals surface area contributed by atoms with Gasteiger partial charge in [-0.25, -0.2) is 4.79 Å². The molecule has 0 radical (unpaired) electrons. The number of carbonyl (C=O) groups excluding carboxylic acids is 1. The first-order valence-electron chi connectivity index (χ1n) is 9.08. The van der Waals surface area contributed by atoms with Crippen LogP contribution in [0.5, 0.6) is 11.5 Å². The molecule has 1 saturated carbocycles. The molecular formula is C21H19N3O5. The number of phenolic OH excluding ortho intramolecular Hbond substituents is 1. The van der Waals surface area contributed by atoms with Gasteiger partial charge >= 0.3 is 6.09 Å². The van der Waals surface area contributed by atoms with Gasteiger partial charge in [0.15, 0.2) is 0 Å². The van der Waals surface area contributed by atoms with E-state index in [1.807, 2.05) is 0 Å². The Balaban J connectivity index is 1.55. The third kappa shape index (κ3) is 3.77. The van der Waals surface area contributed by atoms with E-state index in [1.54, 1.807) is 49.6 Å². The molecule has 148 valence electrons. The van der Waals surface area contributed by atoms with Gasteiger partial charge in [0.05, 0.1) is 18.5 Å². The summed E-state index contributed by atoms with van der Waals surface area (Å²) in [6.45, 7) is 0. The van der Waals surface area contributed by atoms with Gasteiger partial charge in [-0.2, -0.15) is 9.78 Å². The normalized spacial score (nSPS) is 13.1. The summed E-state index contributed by atoms with van der Waals surface area (Å²) in [5, 5.41) is 26.6. The van der Waals surface area contributed by atoms with Gasteiger partial charge in [0.25, 0.3) is 5.91 Å². The second kappa shape index (κ2) is 7.31. The van der Waals surface area contributed by atoms with Crippen molar-refractivity contribution in [2.24, 2.45) is 0 Å². The Labute approximate surface area is 166 Å². The highest BCUT2D eigenvalue weighted by atomic mass is 16.5. The number of hydrogen-bond acceptors (Lipinski definition) is 5. The Bertz CT molecular complexity index is 1080. The predicted molar refractivity (Wildman–Crippen MR) is 106 cm³/mol. The second-order valence-electron chi connectivity index (χ2n) is 6.84. The van der Waals surface area contributed by atoms with Crippen molar-refractivity contribution in [1.29, 1.82) is 0 Å². The van der Waals surface area contributed by atoms with Gasteiger partial charge in [-0.1, -0.05) is 0 Å². The standard InChI is InChI=1S/C21H19N3O5/c1-29-15-7-4-13(5-8-15)20(26)22-14-6-9-16(19(25)10-14)17-11-18(12-2-3-12)24(23-17)21(27)28/h4-12,25H,2-3H2,1H3,(H,22,26)(H,27,28). The van der Waals surface area contributed by atoms with Crippen LogP contribution in [0, 0.1) is 0 Å². The smallest absolute Gasteiger partial charge is 0.432 e. The van der Waals surface area contributed by atoms with Gasteiger partial charge < -0.3 is 20.3 Å². The molecule has 8 nitrogen and oxygen atoms in total. The largest absolute Gasteiger partial charge is 0.507 e. The third-order valence-corrected chi connectivity index (χ3v) is 4.80. The summed E-state index contributed by atoms with van der Waals surface area (Å²) in [5.74, 6) is 0.411. The van der Waals surface area contributed by atoms with E-state index < -0.39 is 6.09 Å². The minimum Gasteiger partial charge on any atom is -0.507 e. The van der Waals surface area contributed by atoms with Crippen LogP contribution in [0.15, 0.2) is 48.5 Å². The van der Waals surface area contributed by atoms with E-state index in [9.17, 15) is 19.8 Å². The van der Waals surface area contributed by atoms with Gasteiger partial charge in [0, 0.05) is 28.8 Å². The van der Waals surface area contributed by atoms with Crippen molar-refractivity contribution in [3.63, 3.8) is 0 Å². The first-order chi connectivity index (χ1) is 14.0. The molecule has 0 saturated heterocycles. The number of rotatable bonds is 5. The zero-order valence-electron chi connectivity index (χ0n) is 15.6. The fraction of sp³-hybridized carbons (Fsp3) is 0.190. The highest BCUT2D eigenvalue weighted by Gasteiger charge is 2.30. The van der Waals surface area contributed by atoms with E-state index in [-0.39, 0.29) is 17.6 Å². The maximum Gasteiger partial charge on any atom is 0.432 e. The first kappa shape index (κ1) is 18.5. The van der Waals surface area contributed by atoms with Crippen molar-refractivity contribution in [1.82, 2.24) is 9.78 Å². The van der Waals surface area contributed by atoms with Crippen LogP contribution in [0.3, 0.4) is 0 Å². The molecule has 8 heteroatoms. The Hall–Kier alpha value is -3.81. The lowest BCUT2D eigenvalue weighted by Gasteiger charge is -2.08. The lowest BCUT2D eigenvalue weighted by atomic mass is 10.1. The maximum absolute atomic E-state index is 12.4. The lowest BCUT2D eigenvalue weighted by molar-refractivity contribution is 0.102. The summed E-state index contributed by atoms with van der Waals surface area (Å²) in [6, 6.07) is 13.0. The summed E-state index contributed by atoms with van der Waals surface area (Å²) in [7, 11) is 1.55. The molecule has 3 N–H and O–H groups in total. The number of carbonyl (C=O) groups is 2. The van der Waals surface area contributed by atoms with Crippen LogP contribution in [0.1, 0.15) is 34.8 Å². The van der Waals surface area contributed by atoms with Crippen LogP contribution in [-0.4, -0.2) is 39.1 Å². The first-order valence-corrected chi connectivity index (χ1v) is 9.08. The van der Waals surface area contributed by atoms with E-state index in [2.05, 4.69) is 10.4 Å². The number of methoxy groups -OCH3 is 1. The van der Waals surface area contributed by atoms with Crippen molar-refractivity contribution in [3.05, 3.63) is 59.8 Å². The van der Waals surface area contributed by atoms with Crippen LogP contribution < -0.4 is 10.1 Å². The molecule has 1 heterocycles. The van der Waals surface area contributed by atoms with Crippen molar-refractivity contribution in [2.75, 3.05) is 12.4 Å². The fourth-order valence-electron chi connectivity index (χ4n) is 3.12. The van der Waals surface area contributed by atoms with E-state index in [1.165, 1.54) is 6.07 Å². The Kier molecular flexibility index (Phi) is 4.67. The molecule has 1 aliphatic rings. The molecule has 0 spiro atoms. The molecule has 0 unspecified atom stereocenters. The average Bonchev–Trinajstić information content (AvgIpc) is 3.46. The summed E-state index contributed by atoms with van der Waals surface area (Å²) in [6.07, 6.45) is 0.711. The Morgan fingerprint density at radius 3 is 2.45 bits per heavy atom. The molecule has 1 amide bonds. The summed E-state index contributed by atoms with van der Waals surface area (Å²) < 4.78 is 6.04. The van der Waals surface area contributed by atoms with Crippen LogP contribution in [0.2, 0.25) is 0 Å². The maximum atomic E-state index is 12.4. The second-order valence-corrected chi connectivity index (χ2v) is 6.84. The number of aromatic nitrogens is 2. The number of carboxylic acid groups (broad SMARTS) is 1. The number of aromatic hydroxyl groups is 1. The fourth-order valence-corrected chi connectivity index (χ4v) is 3.12. The zero-order chi connectivity index (χ0) is 20.5. The highest BCUT2D eigenvalue weighted by molar-refractivity contribution is 6.04. The van der Waals surface area contributed by atoms with Crippen LogP contribution >= 0.6 is 0 Å². The van der Waals surface area contributed by atoms with E-state index in [0.717, 1.165) is 17.5 Å². The number of anilines is 1. The molecule has 0 aliphatic heterocycles. The number of amides is 1. The van der Waals surface area contributed by atoms with Gasteiger partial charge in [-0.3, -0.25) is 4.79 Å². The molecule has 0 bridgehead atoms. The highest BCUT2D eigenvalue weighted by Crippen LogP contribution is 2.42. The molecule has 3 aromatic rings. The lowest BCUT2D eigenvalue weighted by Crippen LogP contribution is -2.12. The van der Waals surface area contributed by atoms with E-state index in [0.29, 0.717) is 34.0 Å². The number of phenols is 1. The minimum absolute atomic E-state index is 0.102. The molecular weight excluding hydrogens is 374 g/mol. The molecule has 1 aromatic heterocycles. The van der Waals surface area contributed by atoms with Crippen molar-refractivity contribution in [2.45, 2.75) is 18.8 Å². The number of benzene rings is 2. The molecule has 0 atom stereocenters. The van der Waals surface area contributed by atoms with E-state index >= 15 is 0 Å². The minimum atomic E-state index is -1.15. The summed E-state index contributed by atoms with van der Waals surface area (Å²) in [5.41, 5.74) is 2.26. The van der Waals surface area contributed by atoms with E-state index in [4.69, 9.17) is 4.74 Å².